The minimum absolute atomic E-state index is 0.124. The number of aliphatic hydroxyl groups excluding tert-OH is 2. The number of aliphatic hydroxyl groups is 2. The second kappa shape index (κ2) is 9.64. The van der Waals surface area contributed by atoms with Gasteiger partial charge in [0.15, 0.2) is 23.3 Å². The number of benzene rings is 1. The number of rotatable bonds is 4. The number of halogens is 4. The maximum atomic E-state index is 14.3. The fourth-order valence-corrected chi connectivity index (χ4v) is 10.0. The van der Waals surface area contributed by atoms with Crippen LogP contribution in [0.2, 0.25) is 0 Å². The van der Waals surface area contributed by atoms with Crippen LogP contribution in [-0.4, -0.2) is 32.4 Å². The van der Waals surface area contributed by atoms with Gasteiger partial charge in [0.05, 0.1) is 17.6 Å². The molecule has 2 N–H and O–H groups in total. The summed E-state index contributed by atoms with van der Waals surface area (Å²) in [4.78, 5) is 8.20. The molecule has 4 nitrogen and oxygen atoms in total. The van der Waals surface area contributed by atoms with E-state index in [-0.39, 0.29) is 23.0 Å². The summed E-state index contributed by atoms with van der Waals surface area (Å²) in [6.45, 7) is 7.07. The summed E-state index contributed by atoms with van der Waals surface area (Å²) < 4.78 is 55.8. The third kappa shape index (κ3) is 4.13. The molecule has 39 heavy (non-hydrogen) atoms. The largest absolute Gasteiger partial charge is 0.393 e. The van der Waals surface area contributed by atoms with Gasteiger partial charge in [-0.05, 0) is 104 Å². The van der Waals surface area contributed by atoms with Crippen LogP contribution in [0.25, 0.3) is 10.9 Å². The van der Waals surface area contributed by atoms with Crippen molar-refractivity contribution in [2.45, 2.75) is 97.2 Å². The summed E-state index contributed by atoms with van der Waals surface area (Å²) in [6, 6.07) is 0. The Morgan fingerprint density at radius 3 is 2.36 bits per heavy atom. The molecule has 0 bridgehead atoms. The van der Waals surface area contributed by atoms with Gasteiger partial charge in [-0.3, -0.25) is 0 Å². The van der Waals surface area contributed by atoms with E-state index in [4.69, 9.17) is 0 Å². The summed E-state index contributed by atoms with van der Waals surface area (Å²) in [5.41, 5.74) is -0.207. The van der Waals surface area contributed by atoms with E-state index in [0.717, 1.165) is 64.0 Å². The van der Waals surface area contributed by atoms with Crippen molar-refractivity contribution in [3.8, 4) is 0 Å². The van der Waals surface area contributed by atoms with Gasteiger partial charge in [0.25, 0.3) is 0 Å². The molecule has 4 saturated carbocycles. The van der Waals surface area contributed by atoms with Crippen molar-refractivity contribution in [1.29, 1.82) is 0 Å². The molecule has 0 aliphatic heterocycles. The van der Waals surface area contributed by atoms with Crippen molar-refractivity contribution < 1.29 is 27.8 Å². The first-order chi connectivity index (χ1) is 18.5. The molecule has 0 saturated heterocycles. The number of fused-ring (bicyclic) bond motifs is 6. The van der Waals surface area contributed by atoms with Crippen LogP contribution in [0.4, 0.5) is 17.6 Å². The molecule has 4 aliphatic carbocycles. The van der Waals surface area contributed by atoms with Gasteiger partial charge in [0.1, 0.15) is 11.3 Å². The Balaban J connectivity index is 1.18. The van der Waals surface area contributed by atoms with E-state index in [2.05, 4.69) is 30.7 Å². The predicted molar refractivity (Wildman–Crippen MR) is 139 cm³/mol. The zero-order valence-corrected chi connectivity index (χ0v) is 23.1. The fraction of sp³-hybridized carbons (Fsp3) is 0.742. The molecule has 0 amide bonds. The minimum Gasteiger partial charge on any atom is -0.393 e. The number of aromatic nitrogens is 2. The summed E-state index contributed by atoms with van der Waals surface area (Å²) in [5.74, 6) is -3.91. The van der Waals surface area contributed by atoms with E-state index in [1.807, 2.05) is 0 Å². The maximum absolute atomic E-state index is 14.3. The van der Waals surface area contributed by atoms with Crippen molar-refractivity contribution in [2.24, 2.45) is 46.3 Å². The first-order valence-corrected chi connectivity index (χ1v) is 14.8. The molecular weight excluding hydrogens is 508 g/mol. The van der Waals surface area contributed by atoms with Crippen LogP contribution in [0.1, 0.15) is 84.4 Å². The van der Waals surface area contributed by atoms with E-state index in [1.165, 1.54) is 0 Å². The van der Waals surface area contributed by atoms with Crippen molar-refractivity contribution in [3.63, 3.8) is 0 Å². The van der Waals surface area contributed by atoms with Gasteiger partial charge in [0, 0.05) is 12.6 Å². The van der Waals surface area contributed by atoms with Gasteiger partial charge in [0.2, 0.25) is 0 Å². The van der Waals surface area contributed by atoms with Gasteiger partial charge >= 0.3 is 0 Å². The van der Waals surface area contributed by atoms with Gasteiger partial charge in [-0.15, -0.1) is 0 Å². The minimum atomic E-state index is -1.85. The molecule has 214 valence electrons. The molecule has 1 heterocycles. The van der Waals surface area contributed by atoms with Gasteiger partial charge in [-0.2, -0.15) is 0 Å². The second-order valence-electron chi connectivity index (χ2n) is 13.8. The Hall–Kier alpha value is -1.80. The summed E-state index contributed by atoms with van der Waals surface area (Å²) in [7, 11) is 0. The first kappa shape index (κ1) is 27.4. The number of nitrogens with zero attached hydrogens (tertiary/aromatic N) is 2. The molecule has 6 rings (SSSR count). The normalized spacial score (nSPS) is 40.7. The molecule has 2 unspecified atom stereocenters. The van der Waals surface area contributed by atoms with Crippen molar-refractivity contribution >= 4 is 10.9 Å². The maximum Gasteiger partial charge on any atom is 0.199 e. The fourth-order valence-electron chi connectivity index (χ4n) is 10.0. The molecule has 10 atom stereocenters. The van der Waals surface area contributed by atoms with Crippen LogP contribution in [0, 0.1) is 69.6 Å². The zero-order chi connectivity index (χ0) is 27.9. The Morgan fingerprint density at radius 1 is 0.897 bits per heavy atom. The van der Waals surface area contributed by atoms with Crippen molar-refractivity contribution in [2.75, 3.05) is 0 Å². The second-order valence-corrected chi connectivity index (χ2v) is 13.8. The van der Waals surface area contributed by atoms with E-state index >= 15 is 0 Å². The molecule has 4 aliphatic rings. The summed E-state index contributed by atoms with van der Waals surface area (Å²) >= 11 is 0. The smallest absolute Gasteiger partial charge is 0.199 e. The Morgan fingerprint density at radius 2 is 1.59 bits per heavy atom. The lowest BCUT2D eigenvalue weighted by atomic mass is 9.43. The van der Waals surface area contributed by atoms with Crippen molar-refractivity contribution in [3.05, 3.63) is 35.3 Å². The van der Waals surface area contributed by atoms with Gasteiger partial charge in [-0.25, -0.2) is 27.5 Å². The van der Waals surface area contributed by atoms with Crippen LogP contribution in [0.5, 0.6) is 0 Å². The van der Waals surface area contributed by atoms with Crippen LogP contribution in [0.15, 0.2) is 6.20 Å². The Kier molecular flexibility index (Phi) is 6.77. The van der Waals surface area contributed by atoms with E-state index in [1.54, 1.807) is 0 Å². The summed E-state index contributed by atoms with van der Waals surface area (Å²) in [6.07, 6.45) is 9.64. The highest BCUT2D eigenvalue weighted by atomic mass is 19.2. The molecule has 1 aromatic heterocycles. The van der Waals surface area contributed by atoms with Crippen LogP contribution >= 0.6 is 0 Å². The molecule has 2 aromatic rings. The Bertz CT molecular complexity index is 1280. The third-order valence-electron chi connectivity index (χ3n) is 12.1. The standard InChI is InChI=1S/C31H40F4N2O2/c1-15(4-7-23-36-14-18-25(32)26(33)27(34)28(35)29(18)37-23)19-5-6-20-24-21(9-11-31(19,20)3)30(2)10-8-17(38)12-16(30)13-22(24)39/h14-17,19-22,24,38-39H,4-13H2,1-3H3/t15-,16+,17-,19-,20+,21?,22?,24+,30+,31-/m1/s1. The molecule has 4 fully saturated rings. The van der Waals surface area contributed by atoms with E-state index in [9.17, 15) is 27.8 Å². The first-order valence-electron chi connectivity index (χ1n) is 14.8. The van der Waals surface area contributed by atoms with E-state index < -0.39 is 34.2 Å². The van der Waals surface area contributed by atoms with E-state index in [0.29, 0.717) is 47.8 Å². The lowest BCUT2D eigenvalue weighted by Gasteiger charge is -2.62. The SMILES string of the molecule is C[C@H](CCc1ncc2c(F)c(F)c(F)c(F)c2n1)[C@H]1CC[C@H]2[C@@H]3C(O)C[C@@H]4C[C@H](O)CC[C@]4(C)C3CC[C@]12C. The van der Waals surface area contributed by atoms with Gasteiger partial charge in [-0.1, -0.05) is 20.8 Å². The third-order valence-corrected chi connectivity index (χ3v) is 12.1. The highest BCUT2D eigenvalue weighted by molar-refractivity contribution is 5.79. The highest BCUT2D eigenvalue weighted by Crippen LogP contribution is 2.68. The number of hydrogen-bond donors (Lipinski definition) is 2. The zero-order valence-electron chi connectivity index (χ0n) is 23.1. The molecule has 0 radical (unpaired) electrons. The molecule has 8 heteroatoms. The quantitative estimate of drug-likeness (QED) is 0.252. The topological polar surface area (TPSA) is 66.2 Å². The molecular formula is C31H40F4N2O2. The number of hydrogen-bond acceptors (Lipinski definition) is 4. The lowest BCUT2D eigenvalue weighted by molar-refractivity contribution is -0.174. The molecule has 1 aromatic carbocycles. The average Bonchev–Trinajstić information content (AvgIpc) is 3.27. The number of aryl methyl sites for hydroxylation is 1. The predicted octanol–water partition coefficient (Wildman–Crippen LogP) is 6.75. The lowest BCUT2D eigenvalue weighted by Crippen LogP contribution is -2.58. The van der Waals surface area contributed by atoms with Crippen LogP contribution < -0.4 is 0 Å². The van der Waals surface area contributed by atoms with Gasteiger partial charge < -0.3 is 10.2 Å². The average molecular weight is 549 g/mol. The van der Waals surface area contributed by atoms with Crippen LogP contribution in [-0.2, 0) is 6.42 Å². The Labute approximate surface area is 227 Å². The monoisotopic (exact) mass is 548 g/mol. The van der Waals surface area contributed by atoms with Crippen molar-refractivity contribution in [1.82, 2.24) is 9.97 Å². The summed E-state index contributed by atoms with van der Waals surface area (Å²) in [5, 5.41) is 21.3. The molecule has 0 spiro atoms. The van der Waals surface area contributed by atoms with Crippen LogP contribution in [0.3, 0.4) is 0 Å². The highest BCUT2D eigenvalue weighted by Gasteiger charge is 2.62.